The molecule has 0 spiro atoms. The summed E-state index contributed by atoms with van der Waals surface area (Å²) < 4.78 is 5.04. The molecule has 0 unspecified atom stereocenters. The molecule has 0 amide bonds. The van der Waals surface area contributed by atoms with Crippen LogP contribution in [0.15, 0.2) is 54.7 Å². The molecule has 104 valence electrons. The Balaban J connectivity index is 1.95. The van der Waals surface area contributed by atoms with Crippen LogP contribution >= 0.6 is 0 Å². The van der Waals surface area contributed by atoms with Crippen molar-refractivity contribution in [3.8, 4) is 5.75 Å². The zero-order valence-corrected chi connectivity index (χ0v) is 11.4. The summed E-state index contributed by atoms with van der Waals surface area (Å²) >= 11 is 0. The number of hydrogen-bond donors (Lipinski definition) is 1. The number of carbonyl (C=O) groups excluding carboxylic acids is 2. The molecular formula is C17H13NO3. The van der Waals surface area contributed by atoms with E-state index in [-0.39, 0.29) is 0 Å². The van der Waals surface area contributed by atoms with Crippen LogP contribution < -0.4 is 4.74 Å². The zero-order chi connectivity index (χ0) is 14.8. The first-order chi connectivity index (χ1) is 10.2. The average Bonchev–Trinajstić information content (AvgIpc) is 2.97. The Morgan fingerprint density at radius 2 is 1.67 bits per heavy atom. The minimum atomic E-state index is -0.526. The molecule has 0 aliphatic rings. The fraction of sp³-hybridized carbons (Fsp3) is 0.0588. The Labute approximate surface area is 121 Å². The van der Waals surface area contributed by atoms with E-state index in [0.29, 0.717) is 16.9 Å². The standard InChI is InChI=1S/C17H13NO3/c1-21-12-8-6-11(7-9-12)16(19)17(20)14-10-18-15-5-3-2-4-13(14)15/h2-10,18H,1H3. The van der Waals surface area contributed by atoms with Crippen LogP contribution in [-0.2, 0) is 0 Å². The van der Waals surface area contributed by atoms with E-state index in [1.165, 1.54) is 0 Å². The maximum absolute atomic E-state index is 12.4. The van der Waals surface area contributed by atoms with Gasteiger partial charge in [-0.05, 0) is 30.3 Å². The minimum Gasteiger partial charge on any atom is -0.497 e. The lowest BCUT2D eigenvalue weighted by atomic mass is 10.0. The number of fused-ring (bicyclic) bond motifs is 1. The first-order valence-electron chi connectivity index (χ1n) is 6.50. The Kier molecular flexibility index (Phi) is 3.28. The average molecular weight is 279 g/mol. The van der Waals surface area contributed by atoms with Crippen molar-refractivity contribution in [2.75, 3.05) is 7.11 Å². The highest BCUT2D eigenvalue weighted by Crippen LogP contribution is 2.20. The molecule has 3 aromatic rings. The van der Waals surface area contributed by atoms with Gasteiger partial charge in [0.1, 0.15) is 5.75 Å². The summed E-state index contributed by atoms with van der Waals surface area (Å²) in [5.41, 5.74) is 1.58. The lowest BCUT2D eigenvalue weighted by Gasteiger charge is -2.02. The van der Waals surface area contributed by atoms with Crippen LogP contribution in [0.4, 0.5) is 0 Å². The van der Waals surface area contributed by atoms with Crippen molar-refractivity contribution >= 4 is 22.5 Å². The lowest BCUT2D eigenvalue weighted by Crippen LogP contribution is -2.14. The lowest BCUT2D eigenvalue weighted by molar-refractivity contribution is 0.0818. The van der Waals surface area contributed by atoms with E-state index in [0.717, 1.165) is 10.9 Å². The molecule has 4 nitrogen and oxygen atoms in total. The summed E-state index contributed by atoms with van der Waals surface area (Å²) in [4.78, 5) is 27.7. The van der Waals surface area contributed by atoms with E-state index in [1.807, 2.05) is 24.3 Å². The van der Waals surface area contributed by atoms with E-state index in [1.54, 1.807) is 37.6 Å². The van der Waals surface area contributed by atoms with Crippen LogP contribution in [0.25, 0.3) is 10.9 Å². The number of rotatable bonds is 4. The number of aromatic amines is 1. The van der Waals surface area contributed by atoms with Gasteiger partial charge in [0.25, 0.3) is 0 Å². The van der Waals surface area contributed by atoms with Crippen LogP contribution in [0.1, 0.15) is 20.7 Å². The van der Waals surface area contributed by atoms with Crippen LogP contribution in [0.2, 0.25) is 0 Å². The number of benzene rings is 2. The molecule has 3 rings (SSSR count). The van der Waals surface area contributed by atoms with Gasteiger partial charge in [-0.3, -0.25) is 9.59 Å². The number of methoxy groups -OCH3 is 1. The number of ether oxygens (including phenoxy) is 1. The molecule has 0 fully saturated rings. The van der Waals surface area contributed by atoms with Crippen LogP contribution in [0.3, 0.4) is 0 Å². The van der Waals surface area contributed by atoms with Crippen LogP contribution in [-0.4, -0.2) is 23.7 Å². The molecule has 2 aromatic carbocycles. The highest BCUT2D eigenvalue weighted by Gasteiger charge is 2.21. The quantitative estimate of drug-likeness (QED) is 0.589. The molecule has 1 N–H and O–H groups in total. The van der Waals surface area contributed by atoms with E-state index in [9.17, 15) is 9.59 Å². The number of H-pyrrole nitrogens is 1. The molecule has 4 heteroatoms. The normalized spacial score (nSPS) is 10.5. The highest BCUT2D eigenvalue weighted by atomic mass is 16.5. The van der Waals surface area contributed by atoms with Gasteiger partial charge in [-0.1, -0.05) is 18.2 Å². The molecular weight excluding hydrogens is 266 g/mol. The van der Waals surface area contributed by atoms with E-state index in [4.69, 9.17) is 4.74 Å². The molecule has 21 heavy (non-hydrogen) atoms. The predicted molar refractivity (Wildman–Crippen MR) is 80.0 cm³/mol. The van der Waals surface area contributed by atoms with Crippen molar-refractivity contribution in [1.82, 2.24) is 4.98 Å². The van der Waals surface area contributed by atoms with Crippen molar-refractivity contribution < 1.29 is 14.3 Å². The van der Waals surface area contributed by atoms with Crippen molar-refractivity contribution in [3.05, 3.63) is 65.9 Å². The Hall–Kier alpha value is -2.88. The van der Waals surface area contributed by atoms with Gasteiger partial charge in [-0.2, -0.15) is 0 Å². The van der Waals surface area contributed by atoms with E-state index in [2.05, 4.69) is 4.98 Å². The number of nitrogens with one attached hydrogen (secondary N) is 1. The van der Waals surface area contributed by atoms with Crippen LogP contribution in [0.5, 0.6) is 5.75 Å². The first-order valence-corrected chi connectivity index (χ1v) is 6.50. The largest absolute Gasteiger partial charge is 0.497 e. The first kappa shape index (κ1) is 13.1. The molecule has 0 saturated heterocycles. The molecule has 0 radical (unpaired) electrons. The topological polar surface area (TPSA) is 59.2 Å². The summed E-state index contributed by atoms with van der Waals surface area (Å²) in [6.07, 6.45) is 1.58. The Morgan fingerprint density at radius 3 is 2.38 bits per heavy atom. The third kappa shape index (κ3) is 2.31. The fourth-order valence-electron chi connectivity index (χ4n) is 2.26. The second-order valence-corrected chi connectivity index (χ2v) is 4.63. The summed E-state index contributed by atoms with van der Waals surface area (Å²) in [6, 6.07) is 13.9. The van der Waals surface area contributed by atoms with Gasteiger partial charge < -0.3 is 9.72 Å². The van der Waals surface area contributed by atoms with Crippen molar-refractivity contribution in [1.29, 1.82) is 0 Å². The predicted octanol–water partition coefficient (Wildman–Crippen LogP) is 3.24. The van der Waals surface area contributed by atoms with Gasteiger partial charge in [-0.15, -0.1) is 0 Å². The van der Waals surface area contributed by atoms with Gasteiger partial charge in [0, 0.05) is 22.7 Å². The number of aromatic nitrogens is 1. The van der Waals surface area contributed by atoms with Gasteiger partial charge in [0.2, 0.25) is 11.6 Å². The highest BCUT2D eigenvalue weighted by molar-refractivity contribution is 6.50. The second-order valence-electron chi connectivity index (χ2n) is 4.63. The summed E-state index contributed by atoms with van der Waals surface area (Å²) in [6.45, 7) is 0. The van der Waals surface area contributed by atoms with Crippen molar-refractivity contribution in [3.63, 3.8) is 0 Å². The summed E-state index contributed by atoms with van der Waals surface area (Å²) in [7, 11) is 1.55. The Bertz CT molecular complexity index is 815. The summed E-state index contributed by atoms with van der Waals surface area (Å²) in [5, 5.41) is 0.754. The fourth-order valence-corrected chi connectivity index (χ4v) is 2.26. The van der Waals surface area contributed by atoms with Crippen molar-refractivity contribution in [2.45, 2.75) is 0 Å². The number of para-hydroxylation sites is 1. The number of carbonyl (C=O) groups is 2. The maximum Gasteiger partial charge on any atom is 0.235 e. The van der Waals surface area contributed by atoms with Gasteiger partial charge in [0.05, 0.1) is 12.7 Å². The smallest absolute Gasteiger partial charge is 0.235 e. The molecule has 0 aliphatic carbocycles. The molecule has 0 atom stereocenters. The second kappa shape index (κ2) is 5.25. The zero-order valence-electron chi connectivity index (χ0n) is 11.4. The number of hydrogen-bond acceptors (Lipinski definition) is 3. The summed E-state index contributed by atoms with van der Waals surface area (Å²) in [5.74, 6) is -0.397. The molecule has 1 heterocycles. The number of Topliss-reactive ketones (excluding diaryl/α,β-unsaturated/α-hetero) is 2. The maximum atomic E-state index is 12.4. The van der Waals surface area contributed by atoms with Gasteiger partial charge in [0.15, 0.2) is 0 Å². The van der Waals surface area contributed by atoms with Gasteiger partial charge in [-0.25, -0.2) is 0 Å². The molecule has 0 bridgehead atoms. The molecule has 1 aromatic heterocycles. The molecule has 0 saturated carbocycles. The monoisotopic (exact) mass is 279 g/mol. The number of ketones is 2. The minimum absolute atomic E-state index is 0.353. The third-order valence-electron chi connectivity index (χ3n) is 3.39. The van der Waals surface area contributed by atoms with Crippen molar-refractivity contribution in [2.24, 2.45) is 0 Å². The SMILES string of the molecule is COc1ccc(C(=O)C(=O)c2c[nH]c3ccccc23)cc1. The Morgan fingerprint density at radius 1 is 0.952 bits per heavy atom. The molecule has 0 aliphatic heterocycles. The van der Waals surface area contributed by atoms with E-state index < -0.39 is 11.6 Å². The van der Waals surface area contributed by atoms with E-state index >= 15 is 0 Å². The van der Waals surface area contributed by atoms with Gasteiger partial charge >= 0.3 is 0 Å². The van der Waals surface area contributed by atoms with Crippen LogP contribution in [0, 0.1) is 0 Å². The third-order valence-corrected chi connectivity index (χ3v) is 3.39.